The lowest BCUT2D eigenvalue weighted by molar-refractivity contribution is 1.33. The van der Waals surface area contributed by atoms with Gasteiger partial charge in [0, 0.05) is 17.3 Å². The van der Waals surface area contributed by atoms with Crippen molar-refractivity contribution in [2.45, 2.75) is 6.92 Å². The predicted molar refractivity (Wildman–Crippen MR) is 183 cm³/mol. The Morgan fingerprint density at radius 3 is 1.63 bits per heavy atom. The minimum absolute atomic E-state index is 0.983. The monoisotopic (exact) mass is 547 g/mol. The van der Waals surface area contributed by atoms with Crippen molar-refractivity contribution in [3.8, 4) is 44.6 Å². The van der Waals surface area contributed by atoms with E-state index in [-0.39, 0.29) is 0 Å². The van der Waals surface area contributed by atoms with Crippen LogP contribution in [-0.2, 0) is 0 Å². The van der Waals surface area contributed by atoms with Crippen LogP contribution in [0.1, 0.15) is 5.56 Å². The van der Waals surface area contributed by atoms with E-state index in [0.29, 0.717) is 0 Å². The molecule has 0 atom stereocenters. The van der Waals surface area contributed by atoms with Crippen LogP contribution < -0.4 is 0 Å². The van der Waals surface area contributed by atoms with Gasteiger partial charge in [-0.05, 0) is 84.8 Å². The summed E-state index contributed by atoms with van der Waals surface area (Å²) in [6.45, 7) is 2.20. The molecule has 0 unspecified atom stereocenters. The number of fused-ring (bicyclic) bond motifs is 3. The number of nitrogens with zero attached hydrogens (tertiary/aromatic N) is 1. The number of benzene rings is 7. The number of hydrogen-bond acceptors (Lipinski definition) is 1. The highest BCUT2D eigenvalue weighted by atomic mass is 14.7. The van der Waals surface area contributed by atoms with Crippen LogP contribution in [0.15, 0.2) is 158 Å². The van der Waals surface area contributed by atoms with Gasteiger partial charge in [-0.25, -0.2) is 0 Å². The third-order valence-corrected chi connectivity index (χ3v) is 8.66. The smallest absolute Gasteiger partial charge is 0.0702 e. The van der Waals surface area contributed by atoms with Gasteiger partial charge in [0.05, 0.1) is 5.69 Å². The molecular weight excluding hydrogens is 518 g/mol. The summed E-state index contributed by atoms with van der Waals surface area (Å²) in [6.07, 6.45) is 1.99. The summed E-state index contributed by atoms with van der Waals surface area (Å²) in [4.78, 5) is 4.80. The van der Waals surface area contributed by atoms with E-state index in [1.54, 1.807) is 0 Å². The van der Waals surface area contributed by atoms with E-state index in [1.165, 1.54) is 60.1 Å². The van der Waals surface area contributed by atoms with E-state index in [2.05, 4.69) is 153 Å². The maximum Gasteiger partial charge on any atom is 0.0702 e. The van der Waals surface area contributed by atoms with Gasteiger partial charge in [0.25, 0.3) is 0 Å². The Kier molecular flexibility index (Phi) is 6.09. The first-order valence-electron chi connectivity index (χ1n) is 14.8. The van der Waals surface area contributed by atoms with Crippen molar-refractivity contribution < 1.29 is 0 Å². The number of rotatable bonds is 4. The van der Waals surface area contributed by atoms with Crippen LogP contribution in [0, 0.1) is 6.92 Å². The molecule has 0 amide bonds. The molecule has 1 heteroatoms. The molecule has 0 aliphatic rings. The molecule has 0 radical (unpaired) electrons. The van der Waals surface area contributed by atoms with E-state index in [9.17, 15) is 0 Å². The Hall–Kier alpha value is -5.53. The maximum atomic E-state index is 4.80. The van der Waals surface area contributed by atoms with Gasteiger partial charge in [0.1, 0.15) is 0 Å². The molecule has 0 spiro atoms. The van der Waals surface area contributed by atoms with Gasteiger partial charge >= 0.3 is 0 Å². The van der Waals surface area contributed by atoms with Crippen molar-refractivity contribution in [3.05, 3.63) is 163 Å². The summed E-state index contributed by atoms with van der Waals surface area (Å²) in [7, 11) is 0. The average molecular weight is 548 g/mol. The van der Waals surface area contributed by atoms with Gasteiger partial charge in [-0.15, -0.1) is 0 Å². The van der Waals surface area contributed by atoms with Crippen molar-refractivity contribution in [2.75, 3.05) is 0 Å². The van der Waals surface area contributed by atoms with Crippen LogP contribution in [0.25, 0.3) is 77.0 Å². The molecule has 8 rings (SSSR count). The van der Waals surface area contributed by atoms with Crippen molar-refractivity contribution >= 4 is 32.3 Å². The Balaban J connectivity index is 1.35. The Morgan fingerprint density at radius 2 is 0.930 bits per heavy atom. The zero-order valence-electron chi connectivity index (χ0n) is 24.0. The molecule has 0 aliphatic heterocycles. The second kappa shape index (κ2) is 10.4. The molecule has 1 heterocycles. The van der Waals surface area contributed by atoms with Gasteiger partial charge in [0.15, 0.2) is 0 Å². The molecule has 0 saturated carbocycles. The Bertz CT molecular complexity index is 2220. The van der Waals surface area contributed by atoms with Crippen molar-refractivity contribution in [3.63, 3.8) is 0 Å². The van der Waals surface area contributed by atoms with Crippen LogP contribution in [0.4, 0.5) is 0 Å². The van der Waals surface area contributed by atoms with Gasteiger partial charge in [0.2, 0.25) is 0 Å². The topological polar surface area (TPSA) is 12.9 Å². The maximum absolute atomic E-state index is 4.80. The van der Waals surface area contributed by atoms with E-state index in [0.717, 1.165) is 22.4 Å². The van der Waals surface area contributed by atoms with E-state index in [4.69, 9.17) is 4.98 Å². The third kappa shape index (κ3) is 4.29. The number of aromatic nitrogens is 1. The fourth-order valence-corrected chi connectivity index (χ4v) is 6.61. The van der Waals surface area contributed by atoms with Gasteiger partial charge < -0.3 is 0 Å². The third-order valence-electron chi connectivity index (χ3n) is 8.66. The molecule has 0 saturated heterocycles. The largest absolute Gasteiger partial charge is 0.256 e. The van der Waals surface area contributed by atoms with Gasteiger partial charge in [-0.2, -0.15) is 0 Å². The zero-order valence-corrected chi connectivity index (χ0v) is 24.0. The van der Waals surface area contributed by atoms with Gasteiger partial charge in [-0.3, -0.25) is 4.98 Å². The second-order valence-electron chi connectivity index (χ2n) is 11.2. The highest BCUT2D eigenvalue weighted by molar-refractivity contribution is 6.23. The fourth-order valence-electron chi connectivity index (χ4n) is 6.61. The average Bonchev–Trinajstić information content (AvgIpc) is 3.08. The predicted octanol–water partition coefficient (Wildman–Crippen LogP) is 11.5. The minimum atomic E-state index is 0.983. The molecule has 0 N–H and O–H groups in total. The van der Waals surface area contributed by atoms with E-state index >= 15 is 0 Å². The lowest BCUT2D eigenvalue weighted by Crippen LogP contribution is -1.92. The highest BCUT2D eigenvalue weighted by Gasteiger charge is 2.18. The Labute approximate surface area is 251 Å². The standard InChI is InChI=1S/C42H29N/c1-28-12-9-22-34-33(28)21-11-23-35(34)42-38-19-7-5-17-36(38)41(37-18-6-8-20-39(37)42)31-16-10-15-30(26-31)32-24-25-40(43-27-32)29-13-3-2-4-14-29/h2-27H,1H3. The summed E-state index contributed by atoms with van der Waals surface area (Å²) in [5.41, 5.74) is 10.7. The lowest BCUT2D eigenvalue weighted by Gasteiger charge is -2.19. The molecule has 1 aromatic heterocycles. The van der Waals surface area contributed by atoms with Crippen LogP contribution in [0.5, 0.6) is 0 Å². The fraction of sp³-hybridized carbons (Fsp3) is 0.0238. The molecule has 202 valence electrons. The van der Waals surface area contributed by atoms with Crippen molar-refractivity contribution in [1.29, 1.82) is 0 Å². The molecule has 8 aromatic rings. The molecule has 1 nitrogen and oxygen atoms in total. The summed E-state index contributed by atoms with van der Waals surface area (Å²) < 4.78 is 0. The normalized spacial score (nSPS) is 11.4. The molecule has 7 aromatic carbocycles. The summed E-state index contributed by atoms with van der Waals surface area (Å²) in [5, 5.41) is 7.65. The van der Waals surface area contributed by atoms with Gasteiger partial charge in [-0.1, -0.05) is 140 Å². The number of hydrogen-bond donors (Lipinski definition) is 0. The van der Waals surface area contributed by atoms with Crippen LogP contribution >= 0.6 is 0 Å². The SMILES string of the molecule is Cc1cccc2c(-c3c4ccccc4c(-c4cccc(-c5ccc(-c6ccccc6)nc5)c4)c4ccccc34)cccc12. The second-order valence-corrected chi connectivity index (χ2v) is 11.2. The zero-order chi connectivity index (χ0) is 28.8. The Morgan fingerprint density at radius 1 is 0.372 bits per heavy atom. The lowest BCUT2D eigenvalue weighted by atomic mass is 9.84. The number of pyridine rings is 1. The van der Waals surface area contributed by atoms with Crippen LogP contribution in [0.3, 0.4) is 0 Å². The summed E-state index contributed by atoms with van der Waals surface area (Å²) in [5.74, 6) is 0. The minimum Gasteiger partial charge on any atom is -0.256 e. The summed E-state index contributed by atoms with van der Waals surface area (Å²) >= 11 is 0. The van der Waals surface area contributed by atoms with E-state index < -0.39 is 0 Å². The molecule has 0 aliphatic carbocycles. The van der Waals surface area contributed by atoms with E-state index in [1.807, 2.05) is 12.3 Å². The van der Waals surface area contributed by atoms with Crippen LogP contribution in [-0.4, -0.2) is 4.98 Å². The number of aryl methyl sites for hydroxylation is 1. The first-order valence-corrected chi connectivity index (χ1v) is 14.8. The molecule has 0 fully saturated rings. The molecule has 0 bridgehead atoms. The molecular formula is C42H29N. The van der Waals surface area contributed by atoms with Crippen molar-refractivity contribution in [2.24, 2.45) is 0 Å². The van der Waals surface area contributed by atoms with Crippen molar-refractivity contribution in [1.82, 2.24) is 4.98 Å². The first-order chi connectivity index (χ1) is 21.3. The first kappa shape index (κ1) is 25.2. The summed E-state index contributed by atoms with van der Waals surface area (Å²) in [6, 6.07) is 54.6. The quantitative estimate of drug-likeness (QED) is 0.200. The highest BCUT2D eigenvalue weighted by Crippen LogP contribution is 2.45. The molecule has 43 heavy (non-hydrogen) atoms. The van der Waals surface area contributed by atoms with Crippen LogP contribution in [0.2, 0.25) is 0 Å².